The van der Waals surface area contributed by atoms with Gasteiger partial charge in [-0.2, -0.15) is 0 Å². The van der Waals surface area contributed by atoms with Gasteiger partial charge in [0, 0.05) is 11.3 Å². The lowest BCUT2D eigenvalue weighted by Gasteiger charge is -2.17. The second-order valence-electron chi connectivity index (χ2n) is 6.39. The Morgan fingerprint density at radius 3 is 2.11 bits per heavy atom. The number of carbonyl (C=O) groups is 3. The maximum absolute atomic E-state index is 12.3. The van der Waals surface area contributed by atoms with Crippen LogP contribution in [0.15, 0.2) is 48.5 Å². The molecule has 0 heterocycles. The molecule has 0 aliphatic heterocycles. The summed E-state index contributed by atoms with van der Waals surface area (Å²) >= 11 is 0. The normalized spacial score (nSPS) is 11.4. The largest absolute Gasteiger partial charge is 0.495 e. The molecule has 0 aromatic heterocycles. The Hall–Kier alpha value is -3.19. The first-order chi connectivity index (χ1) is 13.4. The van der Waals surface area contributed by atoms with Crippen LogP contribution in [-0.4, -0.2) is 44.3 Å². The van der Waals surface area contributed by atoms with Crippen LogP contribution in [0, 0.1) is 0 Å². The third kappa shape index (κ3) is 6.21. The van der Waals surface area contributed by atoms with Crippen LogP contribution >= 0.6 is 0 Å². The number of quaternary nitrogens is 1. The number of likely N-dealkylation sites (N-methyl/N-ethyl adjacent to an activating group) is 1. The summed E-state index contributed by atoms with van der Waals surface area (Å²) in [5.41, 5.74) is 1.80. The number of rotatable bonds is 9. The Morgan fingerprint density at radius 2 is 1.54 bits per heavy atom. The van der Waals surface area contributed by atoms with E-state index in [2.05, 4.69) is 10.6 Å². The number of nitrogens with one attached hydrogen (secondary N) is 3. The summed E-state index contributed by atoms with van der Waals surface area (Å²) in [6.45, 7) is 4.35. The highest BCUT2D eigenvalue weighted by atomic mass is 16.5. The van der Waals surface area contributed by atoms with Gasteiger partial charge in [0.15, 0.2) is 18.9 Å². The lowest BCUT2D eigenvalue weighted by Crippen LogP contribution is -3.13. The van der Waals surface area contributed by atoms with E-state index in [1.54, 1.807) is 43.5 Å². The predicted octanol–water partition coefficient (Wildman–Crippen LogP) is 1.38. The van der Waals surface area contributed by atoms with Crippen LogP contribution in [0.4, 0.5) is 11.4 Å². The van der Waals surface area contributed by atoms with Crippen LogP contribution in [-0.2, 0) is 9.59 Å². The minimum atomic E-state index is -0.197. The number of amides is 2. The Balaban J connectivity index is 1.89. The van der Waals surface area contributed by atoms with Crippen molar-refractivity contribution in [3.05, 3.63) is 54.1 Å². The Labute approximate surface area is 164 Å². The fourth-order valence-corrected chi connectivity index (χ4v) is 2.70. The summed E-state index contributed by atoms with van der Waals surface area (Å²) in [5, 5.41) is 5.61. The number of Topliss-reactive ketones (excluding diaryl/α,β-unsaturated/α-hetero) is 1. The molecule has 0 bridgehead atoms. The molecule has 1 atom stereocenters. The van der Waals surface area contributed by atoms with E-state index in [0.717, 1.165) is 4.90 Å². The van der Waals surface area contributed by atoms with Crippen molar-refractivity contribution < 1.29 is 24.0 Å². The summed E-state index contributed by atoms with van der Waals surface area (Å²) in [6, 6.07) is 13.9. The van der Waals surface area contributed by atoms with E-state index in [1.807, 2.05) is 19.1 Å². The monoisotopic (exact) mass is 384 g/mol. The van der Waals surface area contributed by atoms with Crippen molar-refractivity contribution >= 4 is 29.0 Å². The number of carbonyl (C=O) groups excluding carboxylic acids is 3. The minimum absolute atomic E-state index is 0.0273. The van der Waals surface area contributed by atoms with Crippen molar-refractivity contribution in [1.82, 2.24) is 0 Å². The van der Waals surface area contributed by atoms with Gasteiger partial charge in [-0.3, -0.25) is 14.4 Å². The molecule has 0 saturated heterocycles. The molecule has 7 heteroatoms. The van der Waals surface area contributed by atoms with Crippen molar-refractivity contribution in [2.24, 2.45) is 0 Å². The van der Waals surface area contributed by atoms with Crippen LogP contribution in [0.2, 0.25) is 0 Å². The zero-order valence-corrected chi connectivity index (χ0v) is 16.4. The van der Waals surface area contributed by atoms with E-state index in [-0.39, 0.29) is 30.7 Å². The molecule has 0 saturated carbocycles. The first-order valence-electron chi connectivity index (χ1n) is 9.10. The molecule has 1 unspecified atom stereocenters. The highest BCUT2D eigenvalue weighted by Crippen LogP contribution is 2.22. The highest BCUT2D eigenvalue weighted by molar-refractivity contribution is 5.96. The van der Waals surface area contributed by atoms with E-state index in [1.165, 1.54) is 6.92 Å². The first-order valence-corrected chi connectivity index (χ1v) is 9.10. The van der Waals surface area contributed by atoms with Gasteiger partial charge >= 0.3 is 0 Å². The lowest BCUT2D eigenvalue weighted by molar-refractivity contribution is -0.881. The van der Waals surface area contributed by atoms with E-state index in [0.29, 0.717) is 29.2 Å². The Kier molecular flexibility index (Phi) is 7.71. The highest BCUT2D eigenvalue weighted by Gasteiger charge is 2.18. The van der Waals surface area contributed by atoms with Crippen LogP contribution in [0.3, 0.4) is 0 Å². The molecule has 2 amide bonds. The second kappa shape index (κ2) is 10.2. The fourth-order valence-electron chi connectivity index (χ4n) is 2.70. The molecule has 7 nitrogen and oxygen atoms in total. The van der Waals surface area contributed by atoms with E-state index < -0.39 is 0 Å². The molecular formula is C21H26N3O4+. The van der Waals surface area contributed by atoms with E-state index in [4.69, 9.17) is 4.74 Å². The van der Waals surface area contributed by atoms with Crippen LogP contribution in [0.5, 0.6) is 5.75 Å². The number of benzene rings is 2. The van der Waals surface area contributed by atoms with Gasteiger partial charge in [0.1, 0.15) is 5.75 Å². The molecule has 2 rings (SSSR count). The Bertz CT molecular complexity index is 834. The molecule has 3 N–H and O–H groups in total. The zero-order valence-electron chi connectivity index (χ0n) is 16.4. The first kappa shape index (κ1) is 21.1. The number of ketones is 1. The summed E-state index contributed by atoms with van der Waals surface area (Å²) in [5.74, 6) is 0.165. The fraction of sp³-hybridized carbons (Fsp3) is 0.286. The summed E-state index contributed by atoms with van der Waals surface area (Å²) in [6.07, 6.45) is 0. The van der Waals surface area contributed by atoms with Gasteiger partial charge in [-0.25, -0.2) is 0 Å². The summed E-state index contributed by atoms with van der Waals surface area (Å²) in [7, 11) is 1.54. The van der Waals surface area contributed by atoms with Crippen LogP contribution in [0.1, 0.15) is 24.2 Å². The van der Waals surface area contributed by atoms with Crippen LogP contribution < -0.4 is 20.3 Å². The molecule has 2 aromatic carbocycles. The van der Waals surface area contributed by atoms with Crippen molar-refractivity contribution in [2.45, 2.75) is 13.8 Å². The SMILES string of the molecule is CC[NH+](CC(=O)Nc1ccc(C(C)=O)cc1)CC(=O)Nc1ccccc1OC. The number of hydrogen-bond acceptors (Lipinski definition) is 4. The molecule has 0 radical (unpaired) electrons. The number of ether oxygens (including phenoxy) is 1. The van der Waals surface area contributed by atoms with Gasteiger partial charge in [0.2, 0.25) is 0 Å². The van der Waals surface area contributed by atoms with Gasteiger partial charge in [0.25, 0.3) is 11.8 Å². The number of hydrogen-bond donors (Lipinski definition) is 3. The molecule has 28 heavy (non-hydrogen) atoms. The van der Waals surface area contributed by atoms with Crippen LogP contribution in [0.25, 0.3) is 0 Å². The molecule has 0 aliphatic carbocycles. The van der Waals surface area contributed by atoms with E-state index in [9.17, 15) is 14.4 Å². The topological polar surface area (TPSA) is 88.9 Å². The number of methoxy groups -OCH3 is 1. The maximum atomic E-state index is 12.3. The maximum Gasteiger partial charge on any atom is 0.279 e. The van der Waals surface area contributed by atoms with Gasteiger partial charge < -0.3 is 20.3 Å². The third-order valence-electron chi connectivity index (χ3n) is 4.28. The molecule has 0 aliphatic rings. The van der Waals surface area contributed by atoms with Crippen molar-refractivity contribution in [2.75, 3.05) is 37.4 Å². The van der Waals surface area contributed by atoms with Crippen molar-refractivity contribution in [3.8, 4) is 5.75 Å². The number of anilines is 2. The molecular weight excluding hydrogens is 358 g/mol. The second-order valence-corrected chi connectivity index (χ2v) is 6.39. The predicted molar refractivity (Wildman–Crippen MR) is 108 cm³/mol. The quantitative estimate of drug-likeness (QED) is 0.570. The molecule has 0 spiro atoms. The zero-order chi connectivity index (χ0) is 20.5. The minimum Gasteiger partial charge on any atom is -0.495 e. The van der Waals surface area contributed by atoms with Gasteiger partial charge in [-0.1, -0.05) is 12.1 Å². The lowest BCUT2D eigenvalue weighted by atomic mass is 10.1. The standard InChI is InChI=1S/C21H25N3O4/c1-4-24(14-21(27)23-18-7-5-6-8-19(18)28-3)13-20(26)22-17-11-9-16(10-12-17)15(2)25/h5-12H,4,13-14H2,1-3H3,(H,22,26)(H,23,27)/p+1. The molecule has 148 valence electrons. The Morgan fingerprint density at radius 1 is 0.929 bits per heavy atom. The van der Waals surface area contributed by atoms with Crippen molar-refractivity contribution in [1.29, 1.82) is 0 Å². The van der Waals surface area contributed by atoms with E-state index >= 15 is 0 Å². The summed E-state index contributed by atoms with van der Waals surface area (Å²) in [4.78, 5) is 36.8. The van der Waals surface area contributed by atoms with Gasteiger partial charge in [0.05, 0.1) is 19.3 Å². The van der Waals surface area contributed by atoms with Gasteiger partial charge in [-0.15, -0.1) is 0 Å². The summed E-state index contributed by atoms with van der Waals surface area (Å²) < 4.78 is 5.22. The molecule has 2 aromatic rings. The smallest absolute Gasteiger partial charge is 0.279 e. The average Bonchev–Trinajstić information content (AvgIpc) is 2.68. The average molecular weight is 384 g/mol. The van der Waals surface area contributed by atoms with Gasteiger partial charge in [-0.05, 0) is 50.2 Å². The third-order valence-corrected chi connectivity index (χ3v) is 4.28. The number of para-hydroxylation sites is 2. The van der Waals surface area contributed by atoms with Crippen molar-refractivity contribution in [3.63, 3.8) is 0 Å². The molecule has 0 fully saturated rings.